The monoisotopic (exact) mass is 383 g/mol. The minimum absolute atomic E-state index is 0.0608. The van der Waals surface area contributed by atoms with Crippen LogP contribution in [0.1, 0.15) is 11.5 Å². The second kappa shape index (κ2) is 6.45. The molecule has 0 bridgehead atoms. The number of halogens is 3. The van der Waals surface area contributed by atoms with Crippen LogP contribution in [0.3, 0.4) is 0 Å². The molecule has 0 spiro atoms. The molecule has 3 rings (SSSR count). The van der Waals surface area contributed by atoms with Gasteiger partial charge in [-0.3, -0.25) is 4.72 Å². The highest BCUT2D eigenvalue weighted by Crippen LogP contribution is 2.31. The van der Waals surface area contributed by atoms with Crippen molar-refractivity contribution in [3.05, 3.63) is 60.0 Å². The maximum Gasteiger partial charge on any atom is 0.470 e. The molecule has 0 saturated heterocycles. The van der Waals surface area contributed by atoms with Gasteiger partial charge in [0.1, 0.15) is 0 Å². The van der Waals surface area contributed by atoms with E-state index in [9.17, 15) is 21.6 Å². The predicted molar refractivity (Wildman–Crippen MR) is 86.7 cm³/mol. The maximum atomic E-state index is 12.5. The Morgan fingerprint density at radius 3 is 2.35 bits per heavy atom. The Labute approximate surface area is 146 Å². The number of sulfonamides is 1. The van der Waals surface area contributed by atoms with Crippen molar-refractivity contribution in [3.63, 3.8) is 0 Å². The van der Waals surface area contributed by atoms with Crippen LogP contribution in [0.5, 0.6) is 0 Å². The molecule has 0 atom stereocenters. The molecule has 6 nitrogen and oxygen atoms in total. The summed E-state index contributed by atoms with van der Waals surface area (Å²) in [5, 5.41) is 6.29. The van der Waals surface area contributed by atoms with Crippen molar-refractivity contribution in [1.82, 2.24) is 10.2 Å². The summed E-state index contributed by atoms with van der Waals surface area (Å²) >= 11 is 0. The third-order valence-electron chi connectivity index (χ3n) is 3.36. The van der Waals surface area contributed by atoms with E-state index < -0.39 is 22.1 Å². The van der Waals surface area contributed by atoms with Gasteiger partial charge in [0.2, 0.25) is 5.89 Å². The van der Waals surface area contributed by atoms with Gasteiger partial charge in [0.25, 0.3) is 10.0 Å². The number of alkyl halides is 3. The van der Waals surface area contributed by atoms with E-state index in [0.29, 0.717) is 0 Å². The first-order valence-corrected chi connectivity index (χ1v) is 8.74. The van der Waals surface area contributed by atoms with E-state index in [1.165, 1.54) is 36.4 Å². The number of rotatable bonds is 4. The van der Waals surface area contributed by atoms with Crippen molar-refractivity contribution in [3.8, 4) is 11.5 Å². The Hall–Kier alpha value is -2.88. The van der Waals surface area contributed by atoms with Gasteiger partial charge in [-0.2, -0.15) is 13.2 Å². The molecule has 1 N–H and O–H groups in total. The fourth-order valence-corrected chi connectivity index (χ4v) is 3.15. The second-order valence-corrected chi connectivity index (χ2v) is 7.09. The molecule has 0 radical (unpaired) electrons. The summed E-state index contributed by atoms with van der Waals surface area (Å²) in [5.74, 6) is -1.84. The smallest absolute Gasteiger partial charge is 0.413 e. The van der Waals surface area contributed by atoms with Gasteiger partial charge in [-0.15, -0.1) is 10.2 Å². The lowest BCUT2D eigenvalue weighted by molar-refractivity contribution is -0.156. The molecule has 3 aromatic rings. The van der Waals surface area contributed by atoms with Crippen molar-refractivity contribution in [2.45, 2.75) is 18.0 Å². The van der Waals surface area contributed by atoms with E-state index in [4.69, 9.17) is 0 Å². The number of anilines is 1. The van der Waals surface area contributed by atoms with Crippen molar-refractivity contribution >= 4 is 15.7 Å². The molecule has 136 valence electrons. The van der Waals surface area contributed by atoms with Crippen LogP contribution in [0.4, 0.5) is 18.9 Å². The van der Waals surface area contributed by atoms with Crippen molar-refractivity contribution in [2.75, 3.05) is 4.72 Å². The number of hydrogen-bond acceptors (Lipinski definition) is 5. The predicted octanol–water partition coefficient (Wildman–Crippen LogP) is 3.86. The molecule has 0 unspecified atom stereocenters. The molecule has 1 aromatic heterocycles. The molecule has 2 aromatic carbocycles. The average Bonchev–Trinajstić information content (AvgIpc) is 3.05. The molecular weight excluding hydrogens is 371 g/mol. The highest BCUT2D eigenvalue weighted by atomic mass is 32.2. The minimum Gasteiger partial charge on any atom is -0.413 e. The van der Waals surface area contributed by atoms with Crippen LogP contribution in [-0.4, -0.2) is 18.6 Å². The lowest BCUT2D eigenvalue weighted by atomic mass is 10.2. The quantitative estimate of drug-likeness (QED) is 0.739. The molecule has 0 aliphatic heterocycles. The summed E-state index contributed by atoms with van der Waals surface area (Å²) in [7, 11) is -3.84. The highest BCUT2D eigenvalue weighted by molar-refractivity contribution is 7.92. The van der Waals surface area contributed by atoms with E-state index in [2.05, 4.69) is 19.3 Å². The van der Waals surface area contributed by atoms with Crippen LogP contribution in [0.15, 0.2) is 57.8 Å². The Bertz CT molecular complexity index is 1030. The Kier molecular flexibility index (Phi) is 4.45. The van der Waals surface area contributed by atoms with E-state index >= 15 is 0 Å². The third-order valence-corrected chi connectivity index (χ3v) is 4.76. The number of hydrogen-bond donors (Lipinski definition) is 1. The second-order valence-electron chi connectivity index (χ2n) is 5.41. The molecule has 26 heavy (non-hydrogen) atoms. The Morgan fingerprint density at radius 2 is 1.73 bits per heavy atom. The molecule has 0 amide bonds. The van der Waals surface area contributed by atoms with Gasteiger partial charge in [0.15, 0.2) is 0 Å². The van der Waals surface area contributed by atoms with E-state index in [1.54, 1.807) is 12.1 Å². The van der Waals surface area contributed by atoms with E-state index in [0.717, 1.165) is 5.56 Å². The molecule has 1 heterocycles. The van der Waals surface area contributed by atoms with Gasteiger partial charge in [-0.1, -0.05) is 23.8 Å². The van der Waals surface area contributed by atoms with Gasteiger partial charge < -0.3 is 4.42 Å². The van der Waals surface area contributed by atoms with E-state index in [-0.39, 0.29) is 22.0 Å². The Balaban J connectivity index is 1.88. The topological polar surface area (TPSA) is 85.1 Å². The first-order chi connectivity index (χ1) is 12.1. The molecule has 0 aliphatic rings. The third kappa shape index (κ3) is 3.85. The van der Waals surface area contributed by atoms with E-state index in [1.807, 2.05) is 6.92 Å². The normalized spacial score (nSPS) is 12.2. The summed E-state index contributed by atoms with van der Waals surface area (Å²) in [6, 6.07) is 11.9. The first kappa shape index (κ1) is 17.9. The summed E-state index contributed by atoms with van der Waals surface area (Å²) in [6.07, 6.45) is -4.75. The van der Waals surface area contributed by atoms with Crippen molar-refractivity contribution < 1.29 is 26.0 Å². The number of nitrogens with one attached hydrogen (secondary N) is 1. The first-order valence-electron chi connectivity index (χ1n) is 7.26. The minimum atomic E-state index is -4.75. The maximum absolute atomic E-state index is 12.5. The zero-order valence-electron chi connectivity index (χ0n) is 13.3. The van der Waals surface area contributed by atoms with Crippen LogP contribution in [0.2, 0.25) is 0 Å². The molecule has 0 fully saturated rings. The average molecular weight is 383 g/mol. The highest BCUT2D eigenvalue weighted by Gasteiger charge is 2.38. The number of aromatic nitrogens is 2. The summed E-state index contributed by atoms with van der Waals surface area (Å²) in [5.41, 5.74) is 1.20. The summed E-state index contributed by atoms with van der Waals surface area (Å²) in [4.78, 5) is 0.0608. The van der Waals surface area contributed by atoms with Crippen LogP contribution in [0, 0.1) is 6.92 Å². The zero-order valence-corrected chi connectivity index (χ0v) is 14.1. The molecule has 0 saturated carbocycles. The fourth-order valence-electron chi connectivity index (χ4n) is 2.10. The zero-order chi connectivity index (χ0) is 18.9. The Morgan fingerprint density at radius 1 is 1.04 bits per heavy atom. The molecule has 0 aliphatic carbocycles. The lowest BCUT2D eigenvalue weighted by Gasteiger charge is -2.09. The number of benzene rings is 2. The number of aryl methyl sites for hydroxylation is 1. The number of nitrogens with zero attached hydrogens (tertiary/aromatic N) is 2. The molecule has 10 heteroatoms. The van der Waals surface area contributed by atoms with Gasteiger partial charge in [-0.25, -0.2) is 8.42 Å². The van der Waals surface area contributed by atoms with Gasteiger partial charge >= 0.3 is 12.1 Å². The van der Waals surface area contributed by atoms with Crippen LogP contribution >= 0.6 is 0 Å². The largest absolute Gasteiger partial charge is 0.470 e. The SMILES string of the molecule is Cc1ccc(S(=O)(=O)Nc2cccc(-c3nnc(C(F)(F)F)o3)c2)cc1. The summed E-state index contributed by atoms with van der Waals surface area (Å²) in [6.45, 7) is 1.83. The van der Waals surface area contributed by atoms with Crippen LogP contribution in [-0.2, 0) is 16.2 Å². The lowest BCUT2D eigenvalue weighted by Crippen LogP contribution is -2.12. The standard InChI is InChI=1S/C16H12F3N3O3S/c1-10-5-7-13(8-6-10)26(23,24)22-12-4-2-3-11(9-12)14-20-21-15(25-14)16(17,18)19/h2-9,22H,1H3. The van der Waals surface area contributed by atoms with Crippen molar-refractivity contribution in [1.29, 1.82) is 0 Å². The van der Waals surface area contributed by atoms with Gasteiger partial charge in [0, 0.05) is 11.3 Å². The molecular formula is C16H12F3N3O3S. The summed E-state index contributed by atoms with van der Waals surface area (Å²) < 4.78 is 69.4. The van der Waals surface area contributed by atoms with Gasteiger partial charge in [-0.05, 0) is 37.3 Å². The fraction of sp³-hybridized carbons (Fsp3) is 0.125. The van der Waals surface area contributed by atoms with Crippen LogP contribution in [0.25, 0.3) is 11.5 Å². The van der Waals surface area contributed by atoms with Gasteiger partial charge in [0.05, 0.1) is 4.90 Å². The van der Waals surface area contributed by atoms with Crippen LogP contribution < -0.4 is 4.72 Å². The van der Waals surface area contributed by atoms with Crippen molar-refractivity contribution in [2.24, 2.45) is 0 Å².